The Hall–Kier alpha value is -2.38. The van der Waals surface area contributed by atoms with Crippen LogP contribution in [0.3, 0.4) is 0 Å². The van der Waals surface area contributed by atoms with Crippen molar-refractivity contribution in [2.24, 2.45) is 0 Å². The van der Waals surface area contributed by atoms with Crippen LogP contribution in [0.25, 0.3) is 0 Å². The third kappa shape index (κ3) is 5.30. The lowest BCUT2D eigenvalue weighted by atomic mass is 10.1. The van der Waals surface area contributed by atoms with E-state index in [0.717, 1.165) is 5.56 Å². The fraction of sp³-hybridized carbons (Fsp3) is 0.278. The van der Waals surface area contributed by atoms with Crippen LogP contribution < -0.4 is 14.8 Å². The fourth-order valence-corrected chi connectivity index (χ4v) is 3.57. The summed E-state index contributed by atoms with van der Waals surface area (Å²) in [7, 11) is -1.98. The van der Waals surface area contributed by atoms with E-state index in [1.54, 1.807) is 39.2 Å². The summed E-state index contributed by atoms with van der Waals surface area (Å²) in [5.74, 6) is 0.444. The van der Waals surface area contributed by atoms with Gasteiger partial charge in [-0.05, 0) is 44.2 Å². The Balaban J connectivity index is 2.05. The quantitative estimate of drug-likeness (QED) is 0.793. The first kappa shape index (κ1) is 19.0. The van der Waals surface area contributed by atoms with Crippen molar-refractivity contribution >= 4 is 21.6 Å². The molecule has 0 aliphatic rings. The molecule has 1 amide bonds. The molecule has 0 bridgehead atoms. The van der Waals surface area contributed by atoms with Crippen molar-refractivity contribution in [1.29, 1.82) is 0 Å². The summed E-state index contributed by atoms with van der Waals surface area (Å²) < 4.78 is 31.9. The number of carbonyl (C=O) groups is 1. The molecule has 134 valence electrons. The summed E-state index contributed by atoms with van der Waals surface area (Å²) in [5, 5.41) is 2.75. The smallest absolute Gasteiger partial charge is 0.240 e. The van der Waals surface area contributed by atoms with E-state index in [2.05, 4.69) is 10.0 Å². The first-order valence-electron chi connectivity index (χ1n) is 7.86. The Morgan fingerprint density at radius 3 is 2.32 bits per heavy atom. The van der Waals surface area contributed by atoms with E-state index < -0.39 is 10.0 Å². The average molecular weight is 362 g/mol. The van der Waals surface area contributed by atoms with Gasteiger partial charge in [0.15, 0.2) is 0 Å². The average Bonchev–Trinajstić information content (AvgIpc) is 2.54. The number of sulfonamides is 1. The topological polar surface area (TPSA) is 84.5 Å². The lowest BCUT2D eigenvalue weighted by Crippen LogP contribution is -2.30. The van der Waals surface area contributed by atoms with Crippen LogP contribution in [0.15, 0.2) is 53.4 Å². The molecule has 2 aromatic rings. The van der Waals surface area contributed by atoms with Crippen LogP contribution in [0.2, 0.25) is 0 Å². The second kappa shape index (κ2) is 8.13. The van der Waals surface area contributed by atoms with Gasteiger partial charge < -0.3 is 10.1 Å². The highest BCUT2D eigenvalue weighted by atomic mass is 32.2. The van der Waals surface area contributed by atoms with Crippen molar-refractivity contribution in [2.75, 3.05) is 12.4 Å². The molecule has 0 atom stereocenters. The van der Waals surface area contributed by atoms with Gasteiger partial charge in [-0.2, -0.15) is 0 Å². The van der Waals surface area contributed by atoms with E-state index in [1.165, 1.54) is 12.1 Å². The van der Waals surface area contributed by atoms with E-state index in [-0.39, 0.29) is 23.3 Å². The molecule has 7 heteroatoms. The number of ether oxygens (including phenoxy) is 1. The highest BCUT2D eigenvalue weighted by molar-refractivity contribution is 7.89. The second-order valence-corrected chi connectivity index (χ2v) is 7.55. The van der Waals surface area contributed by atoms with Crippen molar-refractivity contribution in [2.45, 2.75) is 31.2 Å². The third-order valence-corrected chi connectivity index (χ3v) is 5.06. The Kier molecular flexibility index (Phi) is 6.17. The maximum atomic E-state index is 12.2. The van der Waals surface area contributed by atoms with Gasteiger partial charge in [-0.1, -0.05) is 18.2 Å². The van der Waals surface area contributed by atoms with Crippen LogP contribution in [0.4, 0.5) is 5.69 Å². The molecule has 6 nitrogen and oxygen atoms in total. The van der Waals surface area contributed by atoms with Crippen molar-refractivity contribution in [1.82, 2.24) is 4.72 Å². The minimum absolute atomic E-state index is 0.156. The van der Waals surface area contributed by atoms with Gasteiger partial charge in [0.1, 0.15) is 5.75 Å². The van der Waals surface area contributed by atoms with Crippen LogP contribution in [-0.4, -0.2) is 27.5 Å². The summed E-state index contributed by atoms with van der Waals surface area (Å²) >= 11 is 0. The van der Waals surface area contributed by atoms with Crippen LogP contribution in [-0.2, 0) is 21.2 Å². The lowest BCUT2D eigenvalue weighted by molar-refractivity contribution is -0.115. The largest absolute Gasteiger partial charge is 0.496 e. The van der Waals surface area contributed by atoms with Crippen LogP contribution >= 0.6 is 0 Å². The van der Waals surface area contributed by atoms with Crippen LogP contribution in [0.5, 0.6) is 5.75 Å². The number of rotatable bonds is 7. The zero-order valence-electron chi connectivity index (χ0n) is 14.4. The number of anilines is 1. The predicted molar refractivity (Wildman–Crippen MR) is 97.2 cm³/mol. The molecular weight excluding hydrogens is 340 g/mol. The van der Waals surface area contributed by atoms with Gasteiger partial charge in [0.2, 0.25) is 15.9 Å². The molecule has 2 N–H and O–H groups in total. The molecule has 0 aromatic heterocycles. The fourth-order valence-electron chi connectivity index (χ4n) is 2.32. The Labute approximate surface area is 148 Å². The van der Waals surface area contributed by atoms with Crippen LogP contribution in [0, 0.1) is 0 Å². The number of para-hydroxylation sites is 1. The minimum Gasteiger partial charge on any atom is -0.496 e. The molecule has 0 unspecified atom stereocenters. The number of benzene rings is 2. The van der Waals surface area contributed by atoms with E-state index in [1.807, 2.05) is 18.2 Å². The molecule has 0 aliphatic heterocycles. The first-order valence-corrected chi connectivity index (χ1v) is 9.34. The summed E-state index contributed by atoms with van der Waals surface area (Å²) in [5.41, 5.74) is 1.31. The standard InChI is InChI=1S/C18H22N2O4S/c1-13(2)20-25(22,23)16-10-8-15(9-11-16)19-18(21)12-14-6-4-5-7-17(14)24-3/h4-11,13,20H,12H2,1-3H3,(H,19,21). The molecule has 0 heterocycles. The maximum absolute atomic E-state index is 12.2. The summed E-state index contributed by atoms with van der Waals surface area (Å²) in [6.45, 7) is 3.51. The van der Waals surface area contributed by atoms with Gasteiger partial charge in [0.25, 0.3) is 0 Å². The monoisotopic (exact) mass is 362 g/mol. The van der Waals surface area contributed by atoms with Crippen molar-refractivity contribution in [3.8, 4) is 5.75 Å². The van der Waals surface area contributed by atoms with E-state index in [0.29, 0.717) is 11.4 Å². The van der Waals surface area contributed by atoms with Gasteiger partial charge in [-0.3, -0.25) is 4.79 Å². The molecule has 0 spiro atoms. The Morgan fingerprint density at radius 1 is 1.08 bits per heavy atom. The third-order valence-electron chi connectivity index (χ3n) is 3.38. The van der Waals surface area contributed by atoms with Gasteiger partial charge in [-0.15, -0.1) is 0 Å². The number of hydrogen-bond donors (Lipinski definition) is 2. The normalized spacial score (nSPS) is 11.4. The summed E-state index contributed by atoms with van der Waals surface area (Å²) in [4.78, 5) is 12.3. The predicted octanol–water partition coefficient (Wildman–Crippen LogP) is 2.56. The molecule has 2 aromatic carbocycles. The second-order valence-electron chi connectivity index (χ2n) is 5.84. The zero-order chi connectivity index (χ0) is 18.4. The van der Waals surface area contributed by atoms with Gasteiger partial charge in [-0.25, -0.2) is 13.1 Å². The van der Waals surface area contributed by atoms with E-state index >= 15 is 0 Å². The number of methoxy groups -OCH3 is 1. The van der Waals surface area contributed by atoms with Crippen LogP contribution in [0.1, 0.15) is 19.4 Å². The molecule has 0 radical (unpaired) electrons. The van der Waals surface area contributed by atoms with E-state index in [4.69, 9.17) is 4.74 Å². The molecule has 0 saturated heterocycles. The minimum atomic E-state index is -3.54. The van der Waals surface area contributed by atoms with Gasteiger partial charge in [0, 0.05) is 17.3 Å². The zero-order valence-corrected chi connectivity index (χ0v) is 15.3. The Morgan fingerprint density at radius 2 is 1.72 bits per heavy atom. The number of amides is 1. The van der Waals surface area contributed by atoms with Crippen molar-refractivity contribution in [3.63, 3.8) is 0 Å². The number of nitrogens with one attached hydrogen (secondary N) is 2. The molecule has 0 aliphatic carbocycles. The SMILES string of the molecule is COc1ccccc1CC(=O)Nc1ccc(S(=O)(=O)NC(C)C)cc1. The van der Waals surface area contributed by atoms with Gasteiger partial charge >= 0.3 is 0 Å². The summed E-state index contributed by atoms with van der Waals surface area (Å²) in [6.07, 6.45) is 0.166. The number of hydrogen-bond acceptors (Lipinski definition) is 4. The van der Waals surface area contributed by atoms with Crippen molar-refractivity contribution < 1.29 is 17.9 Å². The van der Waals surface area contributed by atoms with E-state index in [9.17, 15) is 13.2 Å². The molecule has 0 fully saturated rings. The highest BCUT2D eigenvalue weighted by Gasteiger charge is 2.15. The van der Waals surface area contributed by atoms with Gasteiger partial charge in [0.05, 0.1) is 18.4 Å². The maximum Gasteiger partial charge on any atom is 0.240 e. The molecular formula is C18H22N2O4S. The number of carbonyl (C=O) groups excluding carboxylic acids is 1. The van der Waals surface area contributed by atoms with Crippen molar-refractivity contribution in [3.05, 3.63) is 54.1 Å². The summed E-state index contributed by atoms with van der Waals surface area (Å²) in [6, 6.07) is 13.2. The highest BCUT2D eigenvalue weighted by Crippen LogP contribution is 2.19. The first-order chi connectivity index (χ1) is 11.8. The molecule has 0 saturated carbocycles. The Bertz CT molecular complexity index is 830. The molecule has 25 heavy (non-hydrogen) atoms. The molecule has 2 rings (SSSR count). The lowest BCUT2D eigenvalue weighted by Gasteiger charge is -2.11.